The Hall–Kier alpha value is -3.92. The number of carbonyl (C=O) groups excluding carboxylic acids is 3. The Morgan fingerprint density at radius 3 is 2.67 bits per heavy atom. The molecule has 2 aromatic rings. The second kappa shape index (κ2) is 13.8. The third-order valence-corrected chi connectivity index (χ3v) is 5.40. The Morgan fingerprint density at radius 2 is 1.92 bits per heavy atom. The van der Waals surface area contributed by atoms with Crippen molar-refractivity contribution in [3.8, 4) is 11.5 Å². The van der Waals surface area contributed by atoms with Gasteiger partial charge in [0, 0.05) is 18.8 Å². The van der Waals surface area contributed by atoms with Crippen LogP contribution in [0.1, 0.15) is 37.8 Å². The van der Waals surface area contributed by atoms with Crippen LogP contribution in [-0.2, 0) is 25.5 Å². The first-order valence-electron chi connectivity index (χ1n) is 12.0. The van der Waals surface area contributed by atoms with Crippen LogP contribution in [0.3, 0.4) is 0 Å². The van der Waals surface area contributed by atoms with E-state index in [0.717, 1.165) is 30.5 Å². The van der Waals surface area contributed by atoms with Crippen molar-refractivity contribution in [1.29, 1.82) is 0 Å². The molecule has 1 aliphatic rings. The average Bonchev–Trinajstić information content (AvgIpc) is 3.41. The minimum absolute atomic E-state index is 0.0544. The van der Waals surface area contributed by atoms with Gasteiger partial charge in [-0.3, -0.25) is 14.4 Å². The van der Waals surface area contributed by atoms with Gasteiger partial charge in [-0.05, 0) is 61.6 Å². The minimum atomic E-state index is -0.870. The number of hydrazone groups is 1. The first-order valence-corrected chi connectivity index (χ1v) is 12.0. The van der Waals surface area contributed by atoms with E-state index in [9.17, 15) is 14.4 Å². The summed E-state index contributed by atoms with van der Waals surface area (Å²) < 4.78 is 16.7. The van der Waals surface area contributed by atoms with Crippen LogP contribution >= 0.6 is 0 Å². The SMILES string of the molecule is CCOc1cc(/C=N\NC(=O)C(=O)NC[C@@H]2CCCO2)ccc1OCC(=O)Nc1ccccc1CC. The van der Waals surface area contributed by atoms with Crippen LogP contribution in [0.4, 0.5) is 5.69 Å². The summed E-state index contributed by atoms with van der Waals surface area (Å²) in [6.45, 7) is 5.00. The van der Waals surface area contributed by atoms with Gasteiger partial charge in [-0.2, -0.15) is 5.10 Å². The summed E-state index contributed by atoms with van der Waals surface area (Å²) in [5, 5.41) is 9.23. The van der Waals surface area contributed by atoms with Crippen molar-refractivity contribution >= 4 is 29.6 Å². The highest BCUT2D eigenvalue weighted by Crippen LogP contribution is 2.28. The molecule has 192 valence electrons. The van der Waals surface area contributed by atoms with Crippen molar-refractivity contribution in [3.05, 3.63) is 53.6 Å². The van der Waals surface area contributed by atoms with E-state index in [1.54, 1.807) is 18.2 Å². The summed E-state index contributed by atoms with van der Waals surface area (Å²) in [5.74, 6) is -1.12. The minimum Gasteiger partial charge on any atom is -0.490 e. The lowest BCUT2D eigenvalue weighted by Gasteiger charge is -2.13. The maximum Gasteiger partial charge on any atom is 0.329 e. The molecule has 0 aromatic heterocycles. The lowest BCUT2D eigenvalue weighted by Crippen LogP contribution is -2.41. The molecular formula is C26H32N4O6. The quantitative estimate of drug-likeness (QED) is 0.249. The Kier molecular flexibility index (Phi) is 10.3. The summed E-state index contributed by atoms with van der Waals surface area (Å²) in [7, 11) is 0. The van der Waals surface area contributed by atoms with Gasteiger partial charge in [0.15, 0.2) is 18.1 Å². The highest BCUT2D eigenvalue weighted by atomic mass is 16.5. The largest absolute Gasteiger partial charge is 0.490 e. The van der Waals surface area contributed by atoms with Gasteiger partial charge in [-0.15, -0.1) is 0 Å². The number of carbonyl (C=O) groups is 3. The molecule has 0 radical (unpaired) electrons. The lowest BCUT2D eigenvalue weighted by molar-refractivity contribution is -0.139. The van der Waals surface area contributed by atoms with Crippen LogP contribution in [0.2, 0.25) is 0 Å². The van der Waals surface area contributed by atoms with E-state index in [1.165, 1.54) is 6.21 Å². The van der Waals surface area contributed by atoms with Crippen molar-refractivity contribution in [3.63, 3.8) is 0 Å². The van der Waals surface area contributed by atoms with Crippen LogP contribution in [0.15, 0.2) is 47.6 Å². The van der Waals surface area contributed by atoms with Crippen LogP contribution in [0, 0.1) is 0 Å². The smallest absolute Gasteiger partial charge is 0.329 e. The molecule has 10 nitrogen and oxygen atoms in total. The summed E-state index contributed by atoms with van der Waals surface area (Å²) in [5.41, 5.74) is 4.60. The fraction of sp³-hybridized carbons (Fsp3) is 0.385. The zero-order chi connectivity index (χ0) is 25.8. The Morgan fingerprint density at radius 1 is 1.08 bits per heavy atom. The van der Waals surface area contributed by atoms with E-state index in [2.05, 4.69) is 21.2 Å². The van der Waals surface area contributed by atoms with Gasteiger partial charge in [0.1, 0.15) is 0 Å². The number of aryl methyl sites for hydroxylation is 1. The molecule has 3 amide bonds. The number of rotatable bonds is 11. The fourth-order valence-corrected chi connectivity index (χ4v) is 3.58. The van der Waals surface area contributed by atoms with Crippen LogP contribution in [0.25, 0.3) is 0 Å². The van der Waals surface area contributed by atoms with Crippen molar-refractivity contribution in [2.24, 2.45) is 5.10 Å². The van der Waals surface area contributed by atoms with E-state index in [0.29, 0.717) is 30.3 Å². The molecule has 2 aromatic carbocycles. The Bertz CT molecular complexity index is 1080. The molecule has 3 rings (SSSR count). The monoisotopic (exact) mass is 496 g/mol. The molecule has 0 bridgehead atoms. The molecule has 1 saturated heterocycles. The molecule has 1 heterocycles. The normalized spacial score (nSPS) is 14.9. The number of hydrogen-bond acceptors (Lipinski definition) is 7. The predicted octanol–water partition coefficient (Wildman–Crippen LogP) is 2.41. The second-order valence-electron chi connectivity index (χ2n) is 8.03. The number of benzene rings is 2. The highest BCUT2D eigenvalue weighted by molar-refractivity contribution is 6.35. The summed E-state index contributed by atoms with van der Waals surface area (Å²) >= 11 is 0. The second-order valence-corrected chi connectivity index (χ2v) is 8.03. The summed E-state index contributed by atoms with van der Waals surface area (Å²) in [6, 6.07) is 12.6. The van der Waals surface area contributed by atoms with Gasteiger partial charge in [0.05, 0.1) is 18.9 Å². The predicted molar refractivity (Wildman–Crippen MR) is 135 cm³/mol. The van der Waals surface area contributed by atoms with Crippen LogP contribution < -0.4 is 25.5 Å². The van der Waals surface area contributed by atoms with Gasteiger partial charge in [-0.25, -0.2) is 5.43 Å². The molecule has 1 aliphatic heterocycles. The number of amides is 3. The topological polar surface area (TPSA) is 127 Å². The maximum absolute atomic E-state index is 12.4. The Balaban J connectivity index is 1.52. The first kappa shape index (κ1) is 26.7. The Labute approximate surface area is 210 Å². The summed E-state index contributed by atoms with van der Waals surface area (Å²) in [6.07, 6.45) is 3.94. The van der Waals surface area contributed by atoms with Crippen LogP contribution in [-0.4, -0.2) is 56.4 Å². The van der Waals surface area contributed by atoms with Crippen molar-refractivity contribution in [2.45, 2.75) is 39.2 Å². The molecule has 0 saturated carbocycles. The van der Waals surface area contributed by atoms with E-state index in [-0.39, 0.29) is 25.2 Å². The van der Waals surface area contributed by atoms with Gasteiger partial charge in [0.2, 0.25) is 0 Å². The third-order valence-electron chi connectivity index (χ3n) is 5.40. The molecule has 0 spiro atoms. The van der Waals surface area contributed by atoms with E-state index < -0.39 is 11.8 Å². The van der Waals surface area contributed by atoms with Crippen molar-refractivity contribution in [1.82, 2.24) is 10.7 Å². The van der Waals surface area contributed by atoms with E-state index in [1.807, 2.05) is 38.1 Å². The molecule has 0 unspecified atom stereocenters. The number of nitrogens with zero attached hydrogens (tertiary/aromatic N) is 1. The summed E-state index contributed by atoms with van der Waals surface area (Å²) in [4.78, 5) is 36.2. The molecule has 36 heavy (non-hydrogen) atoms. The number of hydrogen-bond donors (Lipinski definition) is 3. The first-order chi connectivity index (χ1) is 17.5. The van der Waals surface area contributed by atoms with E-state index in [4.69, 9.17) is 14.2 Å². The van der Waals surface area contributed by atoms with E-state index >= 15 is 0 Å². The molecule has 1 atom stereocenters. The number of ether oxygens (including phenoxy) is 3. The van der Waals surface area contributed by atoms with Crippen molar-refractivity contribution in [2.75, 3.05) is 31.7 Å². The third kappa shape index (κ3) is 8.09. The van der Waals surface area contributed by atoms with Gasteiger partial charge < -0.3 is 24.8 Å². The fourth-order valence-electron chi connectivity index (χ4n) is 3.58. The van der Waals surface area contributed by atoms with Crippen molar-refractivity contribution < 1.29 is 28.6 Å². The highest BCUT2D eigenvalue weighted by Gasteiger charge is 2.19. The van der Waals surface area contributed by atoms with Gasteiger partial charge in [0.25, 0.3) is 5.91 Å². The van der Waals surface area contributed by atoms with Gasteiger partial charge in [-0.1, -0.05) is 25.1 Å². The average molecular weight is 497 g/mol. The number of anilines is 1. The molecule has 3 N–H and O–H groups in total. The van der Waals surface area contributed by atoms with Gasteiger partial charge >= 0.3 is 11.8 Å². The number of para-hydroxylation sites is 1. The molecule has 1 fully saturated rings. The molecule has 10 heteroatoms. The van der Waals surface area contributed by atoms with Crippen LogP contribution in [0.5, 0.6) is 11.5 Å². The lowest BCUT2D eigenvalue weighted by atomic mass is 10.1. The molecule has 0 aliphatic carbocycles. The standard InChI is InChI=1S/C26H32N4O6/c1-3-19-8-5-6-10-21(19)29-24(31)17-36-22-12-11-18(14-23(22)34-4-2)15-28-30-26(33)25(32)27-16-20-9-7-13-35-20/h5-6,8,10-12,14-15,20H,3-4,7,9,13,16-17H2,1-2H3,(H,27,32)(H,29,31)(H,30,33)/b28-15-/t20-/m0/s1. The zero-order valence-corrected chi connectivity index (χ0v) is 20.5. The molecular weight excluding hydrogens is 464 g/mol. The number of nitrogens with one attached hydrogen (secondary N) is 3. The maximum atomic E-state index is 12.4. The zero-order valence-electron chi connectivity index (χ0n) is 20.5.